The molecule has 0 aromatic carbocycles. The molecule has 5 heteroatoms. The van der Waals surface area contributed by atoms with Crippen molar-refractivity contribution in [3.63, 3.8) is 0 Å². The van der Waals surface area contributed by atoms with Gasteiger partial charge in [0.1, 0.15) is 0 Å². The molecule has 2 heterocycles. The van der Waals surface area contributed by atoms with Gasteiger partial charge in [-0.2, -0.15) is 5.10 Å². The van der Waals surface area contributed by atoms with E-state index in [0.717, 1.165) is 45.7 Å². The van der Waals surface area contributed by atoms with Gasteiger partial charge < -0.3 is 10.1 Å². The van der Waals surface area contributed by atoms with Crippen LogP contribution in [0.1, 0.15) is 32.9 Å². The number of nitrogens with one attached hydrogen (secondary N) is 1. The van der Waals surface area contributed by atoms with Gasteiger partial charge in [-0.3, -0.25) is 9.58 Å². The van der Waals surface area contributed by atoms with Crippen LogP contribution in [0.5, 0.6) is 0 Å². The number of rotatable bonds is 7. The first-order valence-corrected chi connectivity index (χ1v) is 8.08. The van der Waals surface area contributed by atoms with E-state index >= 15 is 0 Å². The second kappa shape index (κ2) is 7.38. The molecule has 1 fully saturated rings. The number of aromatic nitrogens is 2. The lowest BCUT2D eigenvalue weighted by Gasteiger charge is -2.46. The van der Waals surface area contributed by atoms with Crippen LogP contribution in [-0.2, 0) is 18.2 Å². The first-order valence-electron chi connectivity index (χ1n) is 8.08. The fourth-order valence-corrected chi connectivity index (χ4v) is 3.25. The van der Waals surface area contributed by atoms with E-state index in [0.29, 0.717) is 6.04 Å². The average Bonchev–Trinajstić information content (AvgIpc) is 2.89. The topological polar surface area (TPSA) is 42.3 Å². The van der Waals surface area contributed by atoms with Gasteiger partial charge in [-0.15, -0.1) is 0 Å². The predicted octanol–water partition coefficient (Wildman–Crippen LogP) is 1.44. The Labute approximate surface area is 128 Å². The Bertz CT molecular complexity index is 424. The maximum Gasteiger partial charge on any atom is 0.0594 e. The lowest BCUT2D eigenvalue weighted by Crippen LogP contribution is -2.60. The SMILES string of the molecule is CCNC(CCc1ccnn1C)C(C)(C)N1CCOCC1. The minimum atomic E-state index is 0.137. The van der Waals surface area contributed by atoms with E-state index in [1.165, 1.54) is 5.69 Å². The van der Waals surface area contributed by atoms with Crippen LogP contribution in [0, 0.1) is 0 Å². The van der Waals surface area contributed by atoms with Crippen molar-refractivity contribution in [2.45, 2.75) is 45.2 Å². The van der Waals surface area contributed by atoms with Gasteiger partial charge in [0.25, 0.3) is 0 Å². The minimum Gasteiger partial charge on any atom is -0.379 e. The zero-order valence-corrected chi connectivity index (χ0v) is 13.9. The van der Waals surface area contributed by atoms with Crippen LogP contribution in [0.25, 0.3) is 0 Å². The standard InChI is InChI=1S/C16H30N4O/c1-5-17-15(7-6-14-8-9-18-19(14)4)16(2,3)20-10-12-21-13-11-20/h8-9,15,17H,5-7,10-13H2,1-4H3. The lowest BCUT2D eigenvalue weighted by molar-refractivity contribution is -0.0241. The van der Waals surface area contributed by atoms with E-state index in [4.69, 9.17) is 4.74 Å². The van der Waals surface area contributed by atoms with E-state index < -0.39 is 0 Å². The molecule has 1 aromatic rings. The van der Waals surface area contributed by atoms with Gasteiger partial charge in [0, 0.05) is 43.6 Å². The summed E-state index contributed by atoms with van der Waals surface area (Å²) in [4.78, 5) is 2.56. The van der Waals surface area contributed by atoms with Gasteiger partial charge in [0.15, 0.2) is 0 Å². The summed E-state index contributed by atoms with van der Waals surface area (Å²) < 4.78 is 7.47. The molecule has 2 rings (SSSR count). The van der Waals surface area contributed by atoms with Crippen LogP contribution < -0.4 is 5.32 Å². The van der Waals surface area contributed by atoms with Crippen molar-refractivity contribution >= 4 is 0 Å². The van der Waals surface area contributed by atoms with Crippen molar-refractivity contribution in [2.24, 2.45) is 7.05 Å². The van der Waals surface area contributed by atoms with Crippen LogP contribution in [-0.4, -0.2) is 59.1 Å². The molecular formula is C16H30N4O. The number of hydrogen-bond acceptors (Lipinski definition) is 4. The quantitative estimate of drug-likeness (QED) is 0.826. The molecular weight excluding hydrogens is 264 g/mol. The van der Waals surface area contributed by atoms with Gasteiger partial charge in [-0.25, -0.2) is 0 Å². The van der Waals surface area contributed by atoms with E-state index in [9.17, 15) is 0 Å². The molecule has 1 N–H and O–H groups in total. The molecule has 0 bridgehead atoms. The minimum absolute atomic E-state index is 0.137. The summed E-state index contributed by atoms with van der Waals surface area (Å²) in [5.74, 6) is 0. The van der Waals surface area contributed by atoms with Crippen molar-refractivity contribution in [3.8, 4) is 0 Å². The molecule has 1 saturated heterocycles. The Kier molecular flexibility index (Phi) is 5.79. The van der Waals surface area contributed by atoms with Crippen LogP contribution in [0.4, 0.5) is 0 Å². The molecule has 1 aliphatic heterocycles. The normalized spacial score (nSPS) is 18.9. The third-order valence-electron chi connectivity index (χ3n) is 4.74. The first-order chi connectivity index (χ1) is 10.1. The molecule has 0 amide bonds. The molecule has 0 saturated carbocycles. The highest BCUT2D eigenvalue weighted by Crippen LogP contribution is 2.24. The fraction of sp³-hybridized carbons (Fsp3) is 0.812. The summed E-state index contributed by atoms with van der Waals surface area (Å²) in [7, 11) is 2.02. The highest BCUT2D eigenvalue weighted by molar-refractivity contribution is 5.03. The fourth-order valence-electron chi connectivity index (χ4n) is 3.25. The summed E-state index contributed by atoms with van der Waals surface area (Å²) in [6.45, 7) is 11.7. The molecule has 21 heavy (non-hydrogen) atoms. The predicted molar refractivity (Wildman–Crippen MR) is 85.5 cm³/mol. The van der Waals surface area contributed by atoms with E-state index in [1.54, 1.807) is 0 Å². The number of likely N-dealkylation sites (N-methyl/N-ethyl adjacent to an activating group) is 1. The third kappa shape index (κ3) is 4.05. The van der Waals surface area contributed by atoms with E-state index in [2.05, 4.69) is 42.2 Å². The maximum atomic E-state index is 5.50. The monoisotopic (exact) mass is 294 g/mol. The largest absolute Gasteiger partial charge is 0.379 e. The summed E-state index contributed by atoms with van der Waals surface area (Å²) in [5.41, 5.74) is 1.44. The molecule has 1 aliphatic rings. The molecule has 1 atom stereocenters. The van der Waals surface area contributed by atoms with Crippen molar-refractivity contribution in [1.29, 1.82) is 0 Å². The van der Waals surface area contributed by atoms with Crippen LogP contribution in [0.15, 0.2) is 12.3 Å². The smallest absolute Gasteiger partial charge is 0.0594 e. The Hall–Kier alpha value is -0.910. The van der Waals surface area contributed by atoms with E-state index in [1.807, 2.05) is 17.9 Å². The Morgan fingerprint density at radius 1 is 1.38 bits per heavy atom. The Morgan fingerprint density at radius 3 is 2.67 bits per heavy atom. The summed E-state index contributed by atoms with van der Waals surface area (Å²) in [6.07, 6.45) is 4.06. The molecule has 120 valence electrons. The number of nitrogens with zero attached hydrogens (tertiary/aromatic N) is 3. The van der Waals surface area contributed by atoms with Gasteiger partial charge in [0.05, 0.1) is 13.2 Å². The summed E-state index contributed by atoms with van der Waals surface area (Å²) in [5, 5.41) is 7.95. The van der Waals surface area contributed by atoms with E-state index in [-0.39, 0.29) is 5.54 Å². The Balaban J connectivity index is 2.00. The average molecular weight is 294 g/mol. The highest BCUT2D eigenvalue weighted by atomic mass is 16.5. The number of aryl methyl sites for hydroxylation is 2. The van der Waals surface area contributed by atoms with Crippen LogP contribution >= 0.6 is 0 Å². The highest BCUT2D eigenvalue weighted by Gasteiger charge is 2.35. The molecule has 0 aliphatic carbocycles. The second-order valence-electron chi connectivity index (χ2n) is 6.35. The van der Waals surface area contributed by atoms with Gasteiger partial charge >= 0.3 is 0 Å². The maximum absolute atomic E-state index is 5.50. The van der Waals surface area contributed by atoms with Gasteiger partial charge in [-0.05, 0) is 39.3 Å². The molecule has 5 nitrogen and oxygen atoms in total. The second-order valence-corrected chi connectivity index (χ2v) is 6.35. The molecule has 1 aromatic heterocycles. The number of morpholine rings is 1. The lowest BCUT2D eigenvalue weighted by atomic mass is 9.88. The Morgan fingerprint density at radius 2 is 2.10 bits per heavy atom. The van der Waals surface area contributed by atoms with Crippen molar-refractivity contribution in [2.75, 3.05) is 32.8 Å². The van der Waals surface area contributed by atoms with Crippen LogP contribution in [0.3, 0.4) is 0 Å². The molecule has 1 unspecified atom stereocenters. The van der Waals surface area contributed by atoms with Gasteiger partial charge in [0.2, 0.25) is 0 Å². The zero-order chi connectivity index (χ0) is 15.3. The number of ether oxygens (including phenoxy) is 1. The van der Waals surface area contributed by atoms with Crippen molar-refractivity contribution in [1.82, 2.24) is 20.0 Å². The summed E-state index contributed by atoms with van der Waals surface area (Å²) in [6, 6.07) is 2.58. The summed E-state index contributed by atoms with van der Waals surface area (Å²) >= 11 is 0. The van der Waals surface area contributed by atoms with Crippen molar-refractivity contribution < 1.29 is 4.74 Å². The van der Waals surface area contributed by atoms with Crippen LogP contribution in [0.2, 0.25) is 0 Å². The third-order valence-corrected chi connectivity index (χ3v) is 4.74. The zero-order valence-electron chi connectivity index (χ0n) is 13.9. The number of hydrogen-bond donors (Lipinski definition) is 1. The first kappa shape index (κ1) is 16.5. The molecule has 0 spiro atoms. The molecule has 0 radical (unpaired) electrons. The van der Waals surface area contributed by atoms with Gasteiger partial charge in [-0.1, -0.05) is 6.92 Å². The van der Waals surface area contributed by atoms with Crippen molar-refractivity contribution in [3.05, 3.63) is 18.0 Å².